The number of benzene rings is 3. The van der Waals surface area contributed by atoms with Crippen molar-refractivity contribution >= 4 is 17.9 Å². The van der Waals surface area contributed by atoms with Crippen LogP contribution >= 0.6 is 0 Å². The van der Waals surface area contributed by atoms with Gasteiger partial charge in [-0.3, -0.25) is 15.0 Å². The predicted molar refractivity (Wildman–Crippen MR) is 241 cm³/mol. The summed E-state index contributed by atoms with van der Waals surface area (Å²) in [5.74, 6) is -0.488. The number of rotatable bonds is 15. The molecule has 0 radical (unpaired) electrons. The third-order valence-electron chi connectivity index (χ3n) is 10.2. The number of hydrogen-bond acceptors (Lipinski definition) is 15. The van der Waals surface area contributed by atoms with E-state index in [4.69, 9.17) is 42.6 Å². The van der Waals surface area contributed by atoms with Crippen molar-refractivity contribution in [2.24, 2.45) is 0 Å². The van der Waals surface area contributed by atoms with Crippen LogP contribution in [0.25, 0.3) is 33.4 Å². The first-order valence-corrected chi connectivity index (χ1v) is 21.6. The van der Waals surface area contributed by atoms with E-state index < -0.39 is 17.9 Å². The SMILES string of the molecule is CCOC(=O)COc1c2cc(-c3ccncc3)cc1COCc1cc(-c3ccncc3)cc(c1OCC(=O)OCC)COCc1cc(-c3ccncc3)cc(c1OCC(=O)OCC)COC2. The highest BCUT2D eigenvalue weighted by Gasteiger charge is 2.22. The maximum Gasteiger partial charge on any atom is 0.344 e. The molecule has 0 amide bonds. The normalized spacial score (nSPS) is 12.8. The minimum atomic E-state index is -0.543. The molecule has 15 nitrogen and oxygen atoms in total. The zero-order valence-electron chi connectivity index (χ0n) is 37.1. The fourth-order valence-electron chi connectivity index (χ4n) is 7.41. The molecule has 6 bridgehead atoms. The van der Waals surface area contributed by atoms with Crippen LogP contribution in [0.1, 0.15) is 54.2 Å². The number of carbonyl (C=O) groups excluding carboxylic acids is 3. The number of aromatic nitrogens is 3. The smallest absolute Gasteiger partial charge is 0.344 e. The number of ether oxygens (including phenoxy) is 9. The topological polar surface area (TPSA) is 173 Å². The molecule has 4 heterocycles. The molecule has 0 saturated carbocycles. The van der Waals surface area contributed by atoms with Crippen molar-refractivity contribution in [3.05, 3.63) is 143 Å². The van der Waals surface area contributed by atoms with Crippen LogP contribution in [0.4, 0.5) is 0 Å². The number of fused-ring (bicyclic) bond motifs is 6. The van der Waals surface area contributed by atoms with Crippen LogP contribution in [0.3, 0.4) is 0 Å². The summed E-state index contributed by atoms with van der Waals surface area (Å²) < 4.78 is 54.2. The Morgan fingerprint density at radius 1 is 0.394 bits per heavy atom. The van der Waals surface area contributed by atoms with Gasteiger partial charge in [-0.05, 0) is 127 Å². The Labute approximate surface area is 382 Å². The van der Waals surface area contributed by atoms with Crippen LogP contribution in [0.5, 0.6) is 17.2 Å². The van der Waals surface area contributed by atoms with Crippen molar-refractivity contribution in [2.75, 3.05) is 39.6 Å². The number of carbonyl (C=O) groups is 3. The van der Waals surface area contributed by atoms with Crippen molar-refractivity contribution in [3.63, 3.8) is 0 Å². The van der Waals surface area contributed by atoms with Crippen LogP contribution < -0.4 is 14.2 Å². The minimum absolute atomic E-state index is 0.0237. The molecule has 0 fully saturated rings. The summed E-state index contributed by atoms with van der Waals surface area (Å²) in [6, 6.07) is 23.0. The number of nitrogens with zero attached hydrogens (tertiary/aromatic N) is 3. The molecule has 6 aromatic rings. The third-order valence-corrected chi connectivity index (χ3v) is 10.2. The summed E-state index contributed by atoms with van der Waals surface area (Å²) in [6.45, 7) is 4.77. The van der Waals surface area contributed by atoms with Crippen LogP contribution in [0.2, 0.25) is 0 Å². The van der Waals surface area contributed by atoms with Gasteiger partial charge in [0.2, 0.25) is 0 Å². The zero-order valence-corrected chi connectivity index (χ0v) is 37.1. The fraction of sp³-hybridized carbons (Fsp3) is 0.294. The average molecular weight is 898 g/mol. The molecule has 0 saturated heterocycles. The fourth-order valence-corrected chi connectivity index (χ4v) is 7.41. The molecule has 3 aromatic heterocycles. The maximum atomic E-state index is 12.8. The van der Waals surface area contributed by atoms with E-state index in [2.05, 4.69) is 15.0 Å². The van der Waals surface area contributed by atoms with Crippen LogP contribution in [-0.4, -0.2) is 72.5 Å². The van der Waals surface area contributed by atoms with Crippen molar-refractivity contribution in [1.29, 1.82) is 0 Å². The zero-order chi connectivity index (χ0) is 46.1. The Kier molecular flexibility index (Phi) is 16.8. The summed E-state index contributed by atoms with van der Waals surface area (Å²) in [7, 11) is 0. The summed E-state index contributed by atoms with van der Waals surface area (Å²) in [5, 5.41) is 0. The van der Waals surface area contributed by atoms with Gasteiger partial charge < -0.3 is 42.6 Å². The van der Waals surface area contributed by atoms with Gasteiger partial charge >= 0.3 is 17.9 Å². The second kappa shape index (κ2) is 23.6. The van der Waals surface area contributed by atoms with Crippen molar-refractivity contribution < 1.29 is 57.0 Å². The van der Waals surface area contributed by atoms with Crippen LogP contribution in [0.15, 0.2) is 110 Å². The highest BCUT2D eigenvalue weighted by Crippen LogP contribution is 2.38. The Bertz CT molecular complexity index is 2220. The molecular weight excluding hydrogens is 847 g/mol. The van der Waals surface area contributed by atoms with E-state index in [1.54, 1.807) is 58.0 Å². The van der Waals surface area contributed by atoms with E-state index in [1.165, 1.54) is 0 Å². The van der Waals surface area contributed by atoms with Gasteiger partial charge in [0, 0.05) is 70.6 Å². The van der Waals surface area contributed by atoms with Crippen molar-refractivity contribution in [1.82, 2.24) is 15.0 Å². The van der Waals surface area contributed by atoms with Crippen LogP contribution in [0, 0.1) is 0 Å². The second-order valence-electron chi connectivity index (χ2n) is 14.8. The van der Waals surface area contributed by atoms with E-state index in [-0.39, 0.29) is 79.3 Å². The summed E-state index contributed by atoms with van der Waals surface area (Å²) >= 11 is 0. The van der Waals surface area contributed by atoms with Gasteiger partial charge in [-0.25, -0.2) is 14.4 Å². The molecule has 1 aliphatic heterocycles. The minimum Gasteiger partial charge on any atom is -0.481 e. The molecule has 7 rings (SSSR count). The molecule has 0 aliphatic carbocycles. The van der Waals surface area contributed by atoms with Crippen molar-refractivity contribution in [2.45, 2.75) is 60.4 Å². The van der Waals surface area contributed by atoms with Gasteiger partial charge in [0.05, 0.1) is 59.5 Å². The molecule has 0 atom stereocenters. The molecule has 0 spiro atoms. The molecule has 0 unspecified atom stereocenters. The van der Waals surface area contributed by atoms with E-state index in [0.29, 0.717) is 50.6 Å². The molecule has 1 aliphatic rings. The standard InChI is InChI=1S/C51H51N3O12/c1-4-61-46(55)31-64-49-40-19-37(34-7-13-52-14-8-34)20-41(49)26-59-28-43-22-39(36-11-17-54-18-12-36)24-45(51(43)66-33-48(57)63-6-3)30-60-29-44-23-38(35-9-15-53-16-10-35)21-42(27-58-25-40)50(44)65-32-47(56)62-5-2/h7-24H,4-6,25-33H2,1-3H3. The highest BCUT2D eigenvalue weighted by molar-refractivity contribution is 5.74. The van der Waals surface area contributed by atoms with Crippen molar-refractivity contribution in [3.8, 4) is 50.6 Å². The lowest BCUT2D eigenvalue weighted by molar-refractivity contribution is -0.146. The Balaban J connectivity index is 1.41. The van der Waals surface area contributed by atoms with Gasteiger partial charge in [0.15, 0.2) is 19.8 Å². The first-order valence-electron chi connectivity index (χ1n) is 21.6. The Hall–Kier alpha value is -7.20. The maximum absolute atomic E-state index is 12.8. The van der Waals surface area contributed by atoms with E-state index in [9.17, 15) is 14.4 Å². The lowest BCUT2D eigenvalue weighted by Gasteiger charge is -2.22. The average Bonchev–Trinajstić information content (AvgIpc) is 3.33. The first-order chi connectivity index (χ1) is 32.3. The lowest BCUT2D eigenvalue weighted by Crippen LogP contribution is -2.17. The summed E-state index contributed by atoms with van der Waals surface area (Å²) in [5.41, 5.74) is 8.83. The van der Waals surface area contributed by atoms with Gasteiger partial charge in [-0.15, -0.1) is 0 Å². The number of esters is 3. The molecule has 0 N–H and O–H groups in total. The quantitative estimate of drug-likeness (QED) is 0.0713. The van der Waals surface area contributed by atoms with Gasteiger partial charge in [-0.1, -0.05) is 0 Å². The predicted octanol–water partition coefficient (Wildman–Crippen LogP) is 8.16. The number of hydrogen-bond donors (Lipinski definition) is 0. The van der Waals surface area contributed by atoms with E-state index >= 15 is 0 Å². The van der Waals surface area contributed by atoms with E-state index in [0.717, 1.165) is 33.4 Å². The first kappa shape index (κ1) is 46.8. The summed E-state index contributed by atoms with van der Waals surface area (Å²) in [4.78, 5) is 51.0. The van der Waals surface area contributed by atoms with Gasteiger partial charge in [-0.2, -0.15) is 0 Å². The third kappa shape index (κ3) is 12.5. The Morgan fingerprint density at radius 2 is 0.621 bits per heavy atom. The molecule has 3 aromatic carbocycles. The van der Waals surface area contributed by atoms with Crippen LogP contribution in [-0.2, 0) is 82.4 Å². The largest absolute Gasteiger partial charge is 0.481 e. The molecule has 66 heavy (non-hydrogen) atoms. The molecular formula is C51H51N3O12. The second-order valence-corrected chi connectivity index (χ2v) is 14.8. The van der Waals surface area contributed by atoms with Gasteiger partial charge in [0.25, 0.3) is 0 Å². The Morgan fingerprint density at radius 3 is 0.833 bits per heavy atom. The molecule has 342 valence electrons. The summed E-state index contributed by atoms with van der Waals surface area (Å²) in [6.07, 6.45) is 10.2. The highest BCUT2D eigenvalue weighted by atomic mass is 16.6. The monoisotopic (exact) mass is 897 g/mol. The lowest BCUT2D eigenvalue weighted by atomic mass is 9.98. The van der Waals surface area contributed by atoms with E-state index in [1.807, 2.05) is 72.8 Å². The van der Waals surface area contributed by atoms with Gasteiger partial charge in [0.1, 0.15) is 17.2 Å². The molecule has 15 heteroatoms. The number of pyridine rings is 3.